The third kappa shape index (κ3) is 7.14. The van der Waals surface area contributed by atoms with Crippen molar-refractivity contribution in [3.05, 3.63) is 62.9 Å². The van der Waals surface area contributed by atoms with Crippen LogP contribution < -0.4 is 16.0 Å². The minimum absolute atomic E-state index is 0.0357. The number of sulfone groups is 1. The van der Waals surface area contributed by atoms with Crippen LogP contribution in [-0.4, -0.2) is 36.4 Å². The molecule has 0 saturated carbocycles. The maximum Gasteiger partial charge on any atom is 0.330 e. The fourth-order valence-corrected chi connectivity index (χ4v) is 4.43. The predicted molar refractivity (Wildman–Crippen MR) is 116 cm³/mol. The Bertz CT molecular complexity index is 1030. The van der Waals surface area contributed by atoms with E-state index in [2.05, 4.69) is 11.9 Å². The molecule has 0 aliphatic heterocycles. The number of aromatic amines is 1. The van der Waals surface area contributed by atoms with Gasteiger partial charge in [0.1, 0.15) is 12.5 Å². The molecule has 1 heterocycles. The van der Waals surface area contributed by atoms with Crippen molar-refractivity contribution in [3.63, 3.8) is 0 Å². The second-order valence-electron chi connectivity index (χ2n) is 7.27. The van der Waals surface area contributed by atoms with Gasteiger partial charge >= 0.3 is 5.69 Å². The molecule has 0 spiro atoms. The van der Waals surface area contributed by atoms with Gasteiger partial charge in [-0.2, -0.15) is 0 Å². The summed E-state index contributed by atoms with van der Waals surface area (Å²) in [6.07, 6.45) is 3.66. The molecule has 2 aromatic rings. The van der Waals surface area contributed by atoms with Crippen molar-refractivity contribution in [2.24, 2.45) is 0 Å². The van der Waals surface area contributed by atoms with Crippen molar-refractivity contribution in [2.75, 3.05) is 12.4 Å². The first-order valence-corrected chi connectivity index (χ1v) is 11.8. The normalized spacial score (nSPS) is 13.7. The van der Waals surface area contributed by atoms with E-state index in [0.717, 1.165) is 12.8 Å². The van der Waals surface area contributed by atoms with Gasteiger partial charge in [-0.25, -0.2) is 13.2 Å². The van der Waals surface area contributed by atoms with Gasteiger partial charge in [-0.15, -0.1) is 0 Å². The molecular formula is C21H30N2O6S. The van der Waals surface area contributed by atoms with Crippen molar-refractivity contribution in [1.29, 1.82) is 0 Å². The smallest absolute Gasteiger partial charge is 0.330 e. The Hall–Kier alpha value is -2.39. The summed E-state index contributed by atoms with van der Waals surface area (Å²) in [6, 6.07) is 8.44. The highest BCUT2D eigenvalue weighted by Gasteiger charge is 2.22. The van der Waals surface area contributed by atoms with E-state index in [-0.39, 0.29) is 25.2 Å². The summed E-state index contributed by atoms with van der Waals surface area (Å²) in [5.74, 6) is 0.636. The van der Waals surface area contributed by atoms with Crippen LogP contribution >= 0.6 is 0 Å². The number of hydrogen-bond donors (Lipinski definition) is 1. The van der Waals surface area contributed by atoms with Crippen LogP contribution in [0, 0.1) is 0 Å². The lowest BCUT2D eigenvalue weighted by Crippen LogP contribution is -2.29. The van der Waals surface area contributed by atoms with E-state index in [1.165, 1.54) is 16.8 Å². The molecule has 166 valence electrons. The SMILES string of the molecule is CCC[C@@H](C)Oc1cccc([C@@H](C)S(=O)(=O)CCCOCn2ccc(=O)[nH]c2=O)c1. The maximum atomic E-state index is 12.7. The highest BCUT2D eigenvalue weighted by molar-refractivity contribution is 7.91. The molecule has 2 rings (SSSR count). The molecule has 0 aliphatic rings. The van der Waals surface area contributed by atoms with Crippen molar-refractivity contribution in [1.82, 2.24) is 9.55 Å². The van der Waals surface area contributed by atoms with E-state index < -0.39 is 26.3 Å². The molecule has 0 bridgehead atoms. The highest BCUT2D eigenvalue weighted by Crippen LogP contribution is 2.27. The zero-order valence-electron chi connectivity index (χ0n) is 17.7. The van der Waals surface area contributed by atoms with Crippen LogP contribution in [0.1, 0.15) is 50.8 Å². The van der Waals surface area contributed by atoms with Crippen molar-refractivity contribution >= 4 is 9.84 Å². The van der Waals surface area contributed by atoms with Gasteiger partial charge in [0.2, 0.25) is 0 Å². The number of nitrogens with one attached hydrogen (secondary N) is 1. The van der Waals surface area contributed by atoms with Crippen LogP contribution in [0.25, 0.3) is 0 Å². The average molecular weight is 439 g/mol. The Labute approximate surface area is 176 Å². The number of ether oxygens (including phenoxy) is 2. The molecule has 0 unspecified atom stereocenters. The van der Waals surface area contributed by atoms with Crippen LogP contribution in [0.5, 0.6) is 5.75 Å². The molecule has 0 radical (unpaired) electrons. The molecule has 0 fully saturated rings. The Morgan fingerprint density at radius 2 is 1.93 bits per heavy atom. The summed E-state index contributed by atoms with van der Waals surface area (Å²) in [6.45, 7) is 5.88. The van der Waals surface area contributed by atoms with Crippen LogP contribution in [0.15, 0.2) is 46.1 Å². The number of rotatable bonds is 12. The lowest BCUT2D eigenvalue weighted by atomic mass is 10.1. The summed E-state index contributed by atoms with van der Waals surface area (Å²) in [4.78, 5) is 24.7. The van der Waals surface area contributed by atoms with Crippen molar-refractivity contribution in [2.45, 2.75) is 58.1 Å². The zero-order chi connectivity index (χ0) is 22.1. The number of aromatic nitrogens is 2. The van der Waals surface area contributed by atoms with E-state index in [9.17, 15) is 18.0 Å². The lowest BCUT2D eigenvalue weighted by molar-refractivity contribution is 0.0745. The Kier molecular flexibility index (Phi) is 8.86. The summed E-state index contributed by atoms with van der Waals surface area (Å²) in [5, 5.41) is -0.663. The Balaban J connectivity index is 1.87. The number of hydrogen-bond acceptors (Lipinski definition) is 6. The first-order valence-electron chi connectivity index (χ1n) is 10.1. The summed E-state index contributed by atoms with van der Waals surface area (Å²) >= 11 is 0. The summed E-state index contributed by atoms with van der Waals surface area (Å²) < 4.78 is 37.8. The van der Waals surface area contributed by atoms with Gasteiger partial charge in [0.15, 0.2) is 9.84 Å². The fourth-order valence-electron chi connectivity index (χ4n) is 2.99. The topological polar surface area (TPSA) is 107 Å². The lowest BCUT2D eigenvalue weighted by Gasteiger charge is -2.17. The number of benzene rings is 1. The second-order valence-corrected chi connectivity index (χ2v) is 9.71. The van der Waals surface area contributed by atoms with Gasteiger partial charge in [0, 0.05) is 18.9 Å². The predicted octanol–water partition coefficient (Wildman–Crippen LogP) is 2.64. The summed E-state index contributed by atoms with van der Waals surface area (Å²) in [7, 11) is -3.38. The standard InChI is InChI=1S/C21H30N2O6S/c1-4-7-16(2)29-19-9-5-8-18(14-19)17(3)30(26,27)13-6-12-28-15-23-11-10-20(24)22-21(23)25/h5,8-11,14,16-17H,4,6-7,12-13,15H2,1-3H3,(H,22,24,25)/t16-,17-/m1/s1. The molecule has 0 saturated heterocycles. The third-order valence-electron chi connectivity index (χ3n) is 4.74. The molecule has 2 atom stereocenters. The molecule has 0 aliphatic carbocycles. The van der Waals surface area contributed by atoms with E-state index in [0.29, 0.717) is 17.7 Å². The molecule has 0 amide bonds. The van der Waals surface area contributed by atoms with Crippen molar-refractivity contribution < 1.29 is 17.9 Å². The highest BCUT2D eigenvalue weighted by atomic mass is 32.2. The van der Waals surface area contributed by atoms with Crippen LogP contribution in [0.4, 0.5) is 0 Å². The first-order chi connectivity index (χ1) is 14.2. The zero-order valence-corrected chi connectivity index (χ0v) is 18.5. The number of H-pyrrole nitrogens is 1. The maximum absolute atomic E-state index is 12.7. The molecule has 8 nitrogen and oxygen atoms in total. The molecule has 1 N–H and O–H groups in total. The van der Waals surface area contributed by atoms with Gasteiger partial charge in [-0.3, -0.25) is 14.3 Å². The van der Waals surface area contributed by atoms with Crippen LogP contribution in [0.2, 0.25) is 0 Å². The fraction of sp³-hybridized carbons (Fsp3) is 0.524. The molecule has 1 aromatic heterocycles. The average Bonchev–Trinajstić information content (AvgIpc) is 2.69. The van der Waals surface area contributed by atoms with Gasteiger partial charge in [-0.1, -0.05) is 25.5 Å². The van der Waals surface area contributed by atoms with Gasteiger partial charge in [0.25, 0.3) is 5.56 Å². The van der Waals surface area contributed by atoms with Crippen LogP contribution in [-0.2, 0) is 21.3 Å². The largest absolute Gasteiger partial charge is 0.491 e. The van der Waals surface area contributed by atoms with Crippen molar-refractivity contribution in [3.8, 4) is 5.75 Å². The second kappa shape index (κ2) is 11.1. The Morgan fingerprint density at radius 3 is 2.63 bits per heavy atom. The van der Waals surface area contributed by atoms with E-state index in [1.54, 1.807) is 25.1 Å². The van der Waals surface area contributed by atoms with Gasteiger partial charge < -0.3 is 9.47 Å². The van der Waals surface area contributed by atoms with E-state index in [1.807, 2.05) is 13.0 Å². The van der Waals surface area contributed by atoms with E-state index in [4.69, 9.17) is 9.47 Å². The first kappa shape index (κ1) is 23.9. The van der Waals surface area contributed by atoms with Gasteiger partial charge in [-0.05, 0) is 44.4 Å². The minimum Gasteiger partial charge on any atom is -0.491 e. The quantitative estimate of drug-likeness (QED) is 0.511. The number of nitrogens with zero attached hydrogens (tertiary/aromatic N) is 1. The molecule has 1 aromatic carbocycles. The third-order valence-corrected chi connectivity index (χ3v) is 6.95. The monoisotopic (exact) mass is 438 g/mol. The molecular weight excluding hydrogens is 408 g/mol. The Morgan fingerprint density at radius 1 is 1.17 bits per heavy atom. The summed E-state index contributed by atoms with van der Waals surface area (Å²) in [5.41, 5.74) is -0.360. The molecule has 9 heteroatoms. The minimum atomic E-state index is -3.38. The molecule has 30 heavy (non-hydrogen) atoms. The van der Waals surface area contributed by atoms with Gasteiger partial charge in [0.05, 0.1) is 17.1 Å². The van der Waals surface area contributed by atoms with E-state index >= 15 is 0 Å². The van der Waals surface area contributed by atoms with Crippen LogP contribution in [0.3, 0.4) is 0 Å².